The molecule has 0 amide bonds. The van der Waals surface area contributed by atoms with Crippen LogP contribution in [0.1, 0.15) is 29.5 Å². The van der Waals surface area contributed by atoms with Gasteiger partial charge in [-0.15, -0.1) is 0 Å². The number of halogens is 3. The van der Waals surface area contributed by atoms with Gasteiger partial charge < -0.3 is 0 Å². The van der Waals surface area contributed by atoms with Crippen molar-refractivity contribution in [1.29, 1.82) is 0 Å². The predicted molar refractivity (Wildman–Crippen MR) is 90.8 cm³/mol. The van der Waals surface area contributed by atoms with Gasteiger partial charge >= 0.3 is 6.18 Å². The Hall–Kier alpha value is -1.86. The van der Waals surface area contributed by atoms with Gasteiger partial charge in [-0.3, -0.25) is 4.18 Å². The minimum absolute atomic E-state index is 0.0410. The summed E-state index contributed by atoms with van der Waals surface area (Å²) in [7, 11) is -3.50. The van der Waals surface area contributed by atoms with Crippen molar-refractivity contribution in [2.45, 2.75) is 25.9 Å². The molecule has 2 aromatic carbocycles. The van der Waals surface area contributed by atoms with Gasteiger partial charge in [0.2, 0.25) is 0 Å². The van der Waals surface area contributed by atoms with E-state index in [1.165, 1.54) is 12.1 Å². The first-order chi connectivity index (χ1) is 11.5. The molecule has 2 aromatic rings. The highest BCUT2D eigenvalue weighted by Crippen LogP contribution is 2.32. The third kappa shape index (κ3) is 5.31. The smallest absolute Gasteiger partial charge is 0.270 e. The first kappa shape index (κ1) is 19.5. The van der Waals surface area contributed by atoms with Gasteiger partial charge in [0.15, 0.2) is 0 Å². The molecule has 0 aliphatic carbocycles. The molecule has 0 spiro atoms. The van der Waals surface area contributed by atoms with Crippen molar-refractivity contribution in [3.8, 4) is 11.1 Å². The summed E-state index contributed by atoms with van der Waals surface area (Å²) in [5.41, 5.74) is 2.64. The van der Waals surface area contributed by atoms with Gasteiger partial charge in [0.05, 0.1) is 18.4 Å². The van der Waals surface area contributed by atoms with Crippen LogP contribution in [0.3, 0.4) is 0 Å². The lowest BCUT2D eigenvalue weighted by atomic mass is 9.93. The zero-order valence-electron chi connectivity index (χ0n) is 14.1. The van der Waals surface area contributed by atoms with Crippen molar-refractivity contribution < 1.29 is 25.8 Å². The van der Waals surface area contributed by atoms with Crippen LogP contribution in [-0.4, -0.2) is 21.3 Å². The van der Waals surface area contributed by atoms with Gasteiger partial charge in [-0.1, -0.05) is 37.3 Å². The van der Waals surface area contributed by atoms with Gasteiger partial charge in [0.25, 0.3) is 10.1 Å². The first-order valence-corrected chi connectivity index (χ1v) is 9.41. The van der Waals surface area contributed by atoms with E-state index in [0.29, 0.717) is 5.56 Å². The SMILES string of the molecule is Cc1cc(-c2ccc(C(F)(F)F)cc2)ccc1[C@@H](C)COS(C)(=O)=O. The Balaban J connectivity index is 2.21. The minimum Gasteiger partial charge on any atom is -0.270 e. The number of aryl methyl sites for hydroxylation is 1. The Morgan fingerprint density at radius 2 is 1.60 bits per heavy atom. The summed E-state index contributed by atoms with van der Waals surface area (Å²) in [6.07, 6.45) is -3.35. The van der Waals surface area contributed by atoms with E-state index in [9.17, 15) is 21.6 Å². The standard InChI is InChI=1S/C18H19F3O3S/c1-12-10-15(14-4-7-16(8-5-14)18(19,20)21)6-9-17(12)13(2)11-24-25(3,22)23/h4-10,13H,11H2,1-3H3/t13-/m0/s1. The minimum atomic E-state index is -4.35. The van der Waals surface area contributed by atoms with E-state index >= 15 is 0 Å². The highest BCUT2D eigenvalue weighted by atomic mass is 32.2. The van der Waals surface area contributed by atoms with Crippen LogP contribution in [0.4, 0.5) is 13.2 Å². The van der Waals surface area contributed by atoms with E-state index in [1.807, 2.05) is 32.0 Å². The normalized spacial score (nSPS) is 13.7. The van der Waals surface area contributed by atoms with Crippen LogP contribution in [0, 0.1) is 6.92 Å². The summed E-state index contributed by atoms with van der Waals surface area (Å²) in [6, 6.07) is 10.5. The molecule has 25 heavy (non-hydrogen) atoms. The fourth-order valence-electron chi connectivity index (χ4n) is 2.58. The maximum absolute atomic E-state index is 12.6. The summed E-state index contributed by atoms with van der Waals surface area (Å²) in [5, 5.41) is 0. The number of alkyl halides is 3. The maximum atomic E-state index is 12.6. The Morgan fingerprint density at radius 3 is 2.08 bits per heavy atom. The van der Waals surface area contributed by atoms with E-state index < -0.39 is 21.9 Å². The van der Waals surface area contributed by atoms with Crippen molar-refractivity contribution in [2.75, 3.05) is 12.9 Å². The Kier molecular flexibility index (Phi) is 5.58. The molecule has 0 heterocycles. The van der Waals surface area contributed by atoms with Crippen LogP contribution >= 0.6 is 0 Å². The van der Waals surface area contributed by atoms with Crippen molar-refractivity contribution >= 4 is 10.1 Å². The van der Waals surface area contributed by atoms with E-state index in [1.54, 1.807) is 0 Å². The molecule has 0 bridgehead atoms. The number of benzene rings is 2. The maximum Gasteiger partial charge on any atom is 0.416 e. The monoisotopic (exact) mass is 372 g/mol. The van der Waals surface area contributed by atoms with E-state index in [4.69, 9.17) is 4.18 Å². The third-order valence-corrected chi connectivity index (χ3v) is 4.44. The average molecular weight is 372 g/mol. The summed E-state index contributed by atoms with van der Waals surface area (Å²) in [4.78, 5) is 0. The fraction of sp³-hybridized carbons (Fsp3) is 0.333. The summed E-state index contributed by atoms with van der Waals surface area (Å²) in [5.74, 6) is -0.128. The molecular formula is C18H19F3O3S. The zero-order chi connectivity index (χ0) is 18.8. The van der Waals surface area contributed by atoms with Gasteiger partial charge in [0.1, 0.15) is 0 Å². The quantitative estimate of drug-likeness (QED) is 0.711. The summed E-state index contributed by atoms with van der Waals surface area (Å²) >= 11 is 0. The molecule has 0 saturated heterocycles. The average Bonchev–Trinajstić information content (AvgIpc) is 2.51. The van der Waals surface area contributed by atoms with Crippen LogP contribution in [0.5, 0.6) is 0 Å². The molecule has 0 aliphatic heterocycles. The van der Waals surface area contributed by atoms with Gasteiger partial charge in [0, 0.05) is 5.92 Å². The first-order valence-electron chi connectivity index (χ1n) is 7.60. The van der Waals surface area contributed by atoms with Crippen molar-refractivity contribution in [1.82, 2.24) is 0 Å². The molecule has 1 atom stereocenters. The molecule has 136 valence electrons. The third-order valence-electron chi connectivity index (χ3n) is 3.88. The lowest BCUT2D eigenvalue weighted by Gasteiger charge is -2.16. The second kappa shape index (κ2) is 7.17. The second-order valence-corrected chi connectivity index (χ2v) is 7.68. The van der Waals surface area contributed by atoms with Gasteiger partial charge in [-0.05, 0) is 41.3 Å². The molecule has 0 saturated carbocycles. The number of hydrogen-bond donors (Lipinski definition) is 0. The summed E-state index contributed by atoms with van der Waals surface area (Å²) in [6.45, 7) is 3.77. The Bertz CT molecular complexity index is 841. The lowest BCUT2D eigenvalue weighted by molar-refractivity contribution is -0.137. The molecule has 2 rings (SSSR count). The van der Waals surface area contributed by atoms with Crippen LogP contribution in [0.25, 0.3) is 11.1 Å². The van der Waals surface area contributed by atoms with Crippen LogP contribution in [-0.2, 0) is 20.5 Å². The number of rotatable bonds is 5. The lowest BCUT2D eigenvalue weighted by Crippen LogP contribution is -2.10. The van der Waals surface area contributed by atoms with E-state index in [2.05, 4.69) is 0 Å². The highest BCUT2D eigenvalue weighted by Gasteiger charge is 2.29. The van der Waals surface area contributed by atoms with Crippen molar-refractivity contribution in [3.63, 3.8) is 0 Å². The van der Waals surface area contributed by atoms with Crippen molar-refractivity contribution in [2.24, 2.45) is 0 Å². The van der Waals surface area contributed by atoms with E-state index in [0.717, 1.165) is 35.1 Å². The van der Waals surface area contributed by atoms with Crippen LogP contribution in [0.2, 0.25) is 0 Å². The fourth-order valence-corrected chi connectivity index (χ4v) is 3.03. The molecule has 3 nitrogen and oxygen atoms in total. The van der Waals surface area contributed by atoms with Crippen LogP contribution in [0.15, 0.2) is 42.5 Å². The van der Waals surface area contributed by atoms with Crippen LogP contribution < -0.4 is 0 Å². The Morgan fingerprint density at radius 1 is 1.04 bits per heavy atom. The molecule has 0 radical (unpaired) electrons. The molecule has 7 heteroatoms. The molecular weight excluding hydrogens is 353 g/mol. The molecule has 0 aliphatic rings. The number of hydrogen-bond acceptors (Lipinski definition) is 3. The highest BCUT2D eigenvalue weighted by molar-refractivity contribution is 7.85. The predicted octanol–water partition coefficient (Wildman–Crippen LogP) is 4.76. The Labute approximate surface area is 145 Å². The second-order valence-electron chi connectivity index (χ2n) is 6.04. The topological polar surface area (TPSA) is 43.4 Å². The molecule has 0 N–H and O–H groups in total. The largest absolute Gasteiger partial charge is 0.416 e. The molecule has 0 fully saturated rings. The molecule has 0 unspecified atom stereocenters. The van der Waals surface area contributed by atoms with Gasteiger partial charge in [-0.2, -0.15) is 21.6 Å². The molecule has 0 aromatic heterocycles. The summed E-state index contributed by atoms with van der Waals surface area (Å²) < 4.78 is 64.9. The van der Waals surface area contributed by atoms with E-state index in [-0.39, 0.29) is 12.5 Å². The zero-order valence-corrected chi connectivity index (χ0v) is 14.9. The van der Waals surface area contributed by atoms with Crippen molar-refractivity contribution in [3.05, 3.63) is 59.2 Å². The van der Waals surface area contributed by atoms with Gasteiger partial charge in [-0.25, -0.2) is 0 Å².